The summed E-state index contributed by atoms with van der Waals surface area (Å²) in [5, 5.41) is 13.5. The topological polar surface area (TPSA) is 72.2 Å². The van der Waals surface area contributed by atoms with Gasteiger partial charge < -0.3 is 5.32 Å². The monoisotopic (exact) mass is 320 g/mol. The van der Waals surface area contributed by atoms with Gasteiger partial charge in [-0.3, -0.25) is 14.9 Å². The highest BCUT2D eigenvalue weighted by atomic mass is 35.5. The number of rotatable bonds is 4. The number of carbonyl (C=O) groups is 1. The van der Waals surface area contributed by atoms with E-state index in [1.54, 1.807) is 24.3 Å². The summed E-state index contributed by atoms with van der Waals surface area (Å²) in [5.74, 6) is -1.48. The Morgan fingerprint density at radius 3 is 2.68 bits per heavy atom. The summed E-state index contributed by atoms with van der Waals surface area (Å²) in [5.41, 5.74) is 0.0826. The van der Waals surface area contributed by atoms with E-state index in [2.05, 4.69) is 5.32 Å². The predicted octanol–water partition coefficient (Wildman–Crippen LogP) is 4.04. The van der Waals surface area contributed by atoms with Gasteiger partial charge in [-0.15, -0.1) is 0 Å². The van der Waals surface area contributed by atoms with Crippen LogP contribution in [0.3, 0.4) is 0 Å². The molecule has 0 aromatic heterocycles. The summed E-state index contributed by atoms with van der Waals surface area (Å²) in [6.45, 7) is 0. The lowest BCUT2D eigenvalue weighted by Crippen LogP contribution is -2.08. The fourth-order valence-corrected chi connectivity index (χ4v) is 1.89. The van der Waals surface area contributed by atoms with Crippen molar-refractivity contribution in [2.24, 2.45) is 0 Å². The van der Waals surface area contributed by atoms with Gasteiger partial charge in [-0.05, 0) is 29.8 Å². The van der Waals surface area contributed by atoms with Crippen molar-refractivity contribution in [2.45, 2.75) is 0 Å². The number of nitro groups is 1. The van der Waals surface area contributed by atoms with Crippen molar-refractivity contribution in [2.75, 3.05) is 5.32 Å². The third-order valence-corrected chi connectivity index (χ3v) is 3.07. The molecule has 7 heteroatoms. The minimum absolute atomic E-state index is 0.127. The molecule has 0 unspecified atom stereocenters. The van der Waals surface area contributed by atoms with Gasteiger partial charge in [0.05, 0.1) is 4.92 Å². The second-order valence-corrected chi connectivity index (χ2v) is 4.67. The quantitative estimate of drug-likeness (QED) is 0.525. The molecule has 1 N–H and O–H groups in total. The predicted molar refractivity (Wildman–Crippen MR) is 82.2 cm³/mol. The number of hydrogen-bond acceptors (Lipinski definition) is 3. The van der Waals surface area contributed by atoms with Crippen LogP contribution in [-0.4, -0.2) is 10.8 Å². The highest BCUT2D eigenvalue weighted by molar-refractivity contribution is 6.32. The van der Waals surface area contributed by atoms with Gasteiger partial charge in [-0.2, -0.15) is 4.39 Å². The molecule has 0 aliphatic heterocycles. The molecule has 0 aliphatic rings. The van der Waals surface area contributed by atoms with Gasteiger partial charge in [0, 0.05) is 22.9 Å². The van der Waals surface area contributed by atoms with Gasteiger partial charge >= 0.3 is 5.69 Å². The Morgan fingerprint density at radius 2 is 2.00 bits per heavy atom. The fraction of sp³-hybridized carbons (Fsp3) is 0. The van der Waals surface area contributed by atoms with Crippen molar-refractivity contribution < 1.29 is 14.1 Å². The van der Waals surface area contributed by atoms with Crippen LogP contribution >= 0.6 is 11.6 Å². The Morgan fingerprint density at radius 1 is 1.27 bits per heavy atom. The van der Waals surface area contributed by atoms with E-state index in [4.69, 9.17) is 11.6 Å². The Bertz CT molecular complexity index is 762. The van der Waals surface area contributed by atoms with Crippen LogP contribution in [0.5, 0.6) is 0 Å². The van der Waals surface area contributed by atoms with Crippen LogP contribution < -0.4 is 5.32 Å². The Hall–Kier alpha value is -2.73. The van der Waals surface area contributed by atoms with Crippen LogP contribution in [-0.2, 0) is 4.79 Å². The van der Waals surface area contributed by atoms with Gasteiger partial charge in [0.2, 0.25) is 11.7 Å². The largest absolute Gasteiger partial charge is 0.322 e. The first-order valence-electron chi connectivity index (χ1n) is 6.15. The molecule has 0 radical (unpaired) electrons. The number of nitro benzene ring substituents is 1. The van der Waals surface area contributed by atoms with Crippen LogP contribution in [0, 0.1) is 15.9 Å². The van der Waals surface area contributed by atoms with E-state index in [1.807, 2.05) is 0 Å². The zero-order valence-corrected chi connectivity index (χ0v) is 11.9. The summed E-state index contributed by atoms with van der Waals surface area (Å²) in [6, 6.07) is 10.1. The highest BCUT2D eigenvalue weighted by Gasteiger charge is 2.14. The zero-order valence-electron chi connectivity index (χ0n) is 11.1. The molecule has 0 spiro atoms. The third kappa shape index (κ3) is 3.89. The molecule has 0 saturated heterocycles. The number of nitrogens with one attached hydrogen (secondary N) is 1. The summed E-state index contributed by atoms with van der Waals surface area (Å²) in [6.07, 6.45) is 2.74. The normalized spacial score (nSPS) is 10.6. The summed E-state index contributed by atoms with van der Waals surface area (Å²) in [7, 11) is 0. The van der Waals surface area contributed by atoms with Crippen LogP contribution in [0.15, 0.2) is 48.5 Å². The average Bonchev–Trinajstić information content (AvgIpc) is 2.48. The molecule has 0 bridgehead atoms. The number of anilines is 1. The van der Waals surface area contributed by atoms with E-state index >= 15 is 0 Å². The van der Waals surface area contributed by atoms with Gasteiger partial charge in [-0.25, -0.2) is 0 Å². The van der Waals surface area contributed by atoms with Crippen molar-refractivity contribution in [3.63, 3.8) is 0 Å². The first-order valence-corrected chi connectivity index (χ1v) is 6.52. The van der Waals surface area contributed by atoms with Gasteiger partial charge in [0.1, 0.15) is 0 Å². The van der Waals surface area contributed by atoms with Crippen molar-refractivity contribution >= 4 is 35.0 Å². The Labute approximate surface area is 130 Å². The molecule has 22 heavy (non-hydrogen) atoms. The van der Waals surface area contributed by atoms with Gasteiger partial charge in [-0.1, -0.05) is 29.8 Å². The number of carbonyl (C=O) groups excluding carboxylic acids is 1. The average molecular weight is 321 g/mol. The molecule has 2 aromatic rings. The van der Waals surface area contributed by atoms with Crippen molar-refractivity contribution in [1.82, 2.24) is 0 Å². The van der Waals surface area contributed by atoms with E-state index in [0.29, 0.717) is 10.6 Å². The number of benzene rings is 2. The molecule has 2 rings (SSSR count). The van der Waals surface area contributed by atoms with Crippen LogP contribution in [0.25, 0.3) is 6.08 Å². The molecule has 0 saturated carbocycles. The number of halogens is 2. The third-order valence-electron chi connectivity index (χ3n) is 2.73. The van der Waals surface area contributed by atoms with Crippen LogP contribution in [0.1, 0.15) is 5.56 Å². The van der Waals surface area contributed by atoms with Crippen LogP contribution in [0.4, 0.5) is 15.8 Å². The smallest absolute Gasteiger partial charge is 0.306 e. The van der Waals surface area contributed by atoms with Crippen LogP contribution in [0.2, 0.25) is 5.02 Å². The molecule has 0 heterocycles. The van der Waals surface area contributed by atoms with E-state index in [1.165, 1.54) is 18.2 Å². The molecule has 112 valence electrons. The minimum atomic E-state index is -0.963. The number of nitrogens with zero attached hydrogens (tertiary/aromatic N) is 1. The Balaban J connectivity index is 2.11. The second-order valence-electron chi connectivity index (χ2n) is 4.27. The van der Waals surface area contributed by atoms with E-state index in [0.717, 1.165) is 12.1 Å². The maximum absolute atomic E-state index is 13.2. The molecular formula is C15H10ClFN2O3. The molecule has 5 nitrogen and oxygen atoms in total. The first kappa shape index (κ1) is 15.7. The fourth-order valence-electron chi connectivity index (χ4n) is 1.69. The lowest BCUT2D eigenvalue weighted by Gasteiger charge is -2.02. The maximum Gasteiger partial charge on any atom is 0.306 e. The first-order chi connectivity index (χ1) is 10.5. The summed E-state index contributed by atoms with van der Waals surface area (Å²) < 4.78 is 13.2. The van der Waals surface area contributed by atoms with E-state index in [-0.39, 0.29) is 5.69 Å². The number of amides is 1. The van der Waals surface area contributed by atoms with Gasteiger partial charge in [0.25, 0.3) is 0 Å². The molecule has 0 atom stereocenters. The standard InChI is InChI=1S/C15H10ClFN2O3/c16-12-4-2-1-3-10(12)5-8-15(20)18-11-6-7-13(17)14(9-11)19(21)22/h1-9H,(H,18,20)/b8-5+. The maximum atomic E-state index is 13.2. The van der Waals surface area contributed by atoms with Gasteiger partial charge in [0.15, 0.2) is 0 Å². The summed E-state index contributed by atoms with van der Waals surface area (Å²) in [4.78, 5) is 21.5. The highest BCUT2D eigenvalue weighted by Crippen LogP contribution is 2.22. The van der Waals surface area contributed by atoms with E-state index < -0.39 is 22.3 Å². The van der Waals surface area contributed by atoms with Crippen molar-refractivity contribution in [3.8, 4) is 0 Å². The minimum Gasteiger partial charge on any atom is -0.322 e. The number of hydrogen-bond donors (Lipinski definition) is 1. The molecular weight excluding hydrogens is 311 g/mol. The van der Waals surface area contributed by atoms with E-state index in [9.17, 15) is 19.3 Å². The van der Waals surface area contributed by atoms with Crippen molar-refractivity contribution in [3.05, 3.63) is 75.1 Å². The lowest BCUT2D eigenvalue weighted by atomic mass is 10.2. The second kappa shape index (κ2) is 6.82. The molecule has 0 aliphatic carbocycles. The SMILES string of the molecule is O=C(/C=C/c1ccccc1Cl)Nc1ccc(F)c([N+](=O)[O-])c1. The zero-order chi connectivity index (χ0) is 16.1. The molecule has 2 aromatic carbocycles. The molecule has 1 amide bonds. The summed E-state index contributed by atoms with van der Waals surface area (Å²) >= 11 is 5.94. The Kier molecular flexibility index (Phi) is 4.85. The molecule has 0 fully saturated rings. The lowest BCUT2D eigenvalue weighted by molar-refractivity contribution is -0.387. The van der Waals surface area contributed by atoms with Crippen molar-refractivity contribution in [1.29, 1.82) is 0 Å².